The van der Waals surface area contributed by atoms with Gasteiger partial charge in [-0.3, -0.25) is 14.4 Å². The average molecular weight is 503 g/mol. The summed E-state index contributed by atoms with van der Waals surface area (Å²) in [6.07, 6.45) is 0.114. The molecule has 0 spiro atoms. The predicted molar refractivity (Wildman–Crippen MR) is 138 cm³/mol. The Hall–Kier alpha value is -4.04. The molecule has 0 aliphatic carbocycles. The maximum atomic E-state index is 12.9. The summed E-state index contributed by atoms with van der Waals surface area (Å²) in [5.41, 5.74) is 1.62. The second-order valence-corrected chi connectivity index (χ2v) is 9.23. The highest BCUT2D eigenvalue weighted by Gasteiger charge is 2.18. The Balaban J connectivity index is 1.67. The number of carbonyl (C=O) groups excluding carboxylic acids is 4. The van der Waals surface area contributed by atoms with Crippen LogP contribution in [0.3, 0.4) is 0 Å². The van der Waals surface area contributed by atoms with Crippen molar-refractivity contribution in [3.63, 3.8) is 0 Å². The summed E-state index contributed by atoms with van der Waals surface area (Å²) in [5, 5.41) is 3.68. The molecule has 0 heterocycles. The molecule has 0 N–H and O–H groups in total. The smallest absolute Gasteiger partial charge is 0.331 e. The van der Waals surface area contributed by atoms with Crippen LogP contribution in [0.5, 0.6) is 0 Å². The molecule has 0 saturated carbocycles. The third-order valence-corrected chi connectivity index (χ3v) is 6.14. The van der Waals surface area contributed by atoms with Gasteiger partial charge in [-0.2, -0.15) is 0 Å². The largest absolute Gasteiger partial charge is 0.349 e. The van der Waals surface area contributed by atoms with E-state index >= 15 is 0 Å². The molecule has 3 aromatic rings. The number of nitrogens with zero attached hydrogens (tertiary/aromatic N) is 2. The van der Waals surface area contributed by atoms with Gasteiger partial charge in [-0.25, -0.2) is 4.79 Å². The van der Waals surface area contributed by atoms with Crippen LogP contribution in [-0.4, -0.2) is 48.1 Å². The van der Waals surface area contributed by atoms with E-state index in [4.69, 9.17) is 0 Å². The Bertz CT molecular complexity index is 1270. The number of rotatable bonds is 10. The van der Waals surface area contributed by atoms with E-state index in [2.05, 4.69) is 9.99 Å². The fourth-order valence-electron chi connectivity index (χ4n) is 3.18. The maximum Gasteiger partial charge on any atom is 0.331 e. The molecular formula is C28H26N2O5S. The highest BCUT2D eigenvalue weighted by atomic mass is 32.2. The minimum atomic E-state index is -0.650. The second-order valence-electron chi connectivity index (χ2n) is 8.08. The molecule has 184 valence electrons. The van der Waals surface area contributed by atoms with E-state index in [9.17, 15) is 19.2 Å². The van der Waals surface area contributed by atoms with Gasteiger partial charge in [-0.1, -0.05) is 47.2 Å². The summed E-state index contributed by atoms with van der Waals surface area (Å²) in [6, 6.07) is 23.4. The van der Waals surface area contributed by atoms with Crippen molar-refractivity contribution in [2.75, 3.05) is 14.1 Å². The lowest BCUT2D eigenvalue weighted by molar-refractivity contribution is -0.140. The zero-order valence-corrected chi connectivity index (χ0v) is 21.1. The first-order chi connectivity index (χ1) is 17.2. The van der Waals surface area contributed by atoms with Crippen molar-refractivity contribution in [2.24, 2.45) is 5.16 Å². The van der Waals surface area contributed by atoms with Gasteiger partial charge in [-0.15, -0.1) is 0 Å². The molecule has 7 nitrogen and oxygen atoms in total. The lowest BCUT2D eigenvalue weighted by Crippen LogP contribution is -2.24. The van der Waals surface area contributed by atoms with Crippen LogP contribution >= 0.6 is 11.8 Å². The van der Waals surface area contributed by atoms with Crippen molar-refractivity contribution >= 4 is 40.9 Å². The molecule has 36 heavy (non-hydrogen) atoms. The molecule has 1 amide bonds. The van der Waals surface area contributed by atoms with Gasteiger partial charge in [0.25, 0.3) is 0 Å². The van der Waals surface area contributed by atoms with Crippen LogP contribution in [0.15, 0.2) is 93.8 Å². The van der Waals surface area contributed by atoms with Crippen LogP contribution < -0.4 is 0 Å². The van der Waals surface area contributed by atoms with Crippen molar-refractivity contribution in [3.8, 4) is 0 Å². The minimum Gasteiger partial charge on any atom is -0.349 e. The Labute approximate surface area is 214 Å². The molecular weight excluding hydrogens is 476 g/mol. The SMILES string of the molecule is CC(=O)ON=C(CCC(=O)N(C)C)C(=O)c1ccc(Sc2ccc(C(=O)c3ccccc3)cc2)cc1. The summed E-state index contributed by atoms with van der Waals surface area (Å²) in [7, 11) is 3.25. The minimum absolute atomic E-state index is 0.000486. The monoisotopic (exact) mass is 502 g/mol. The van der Waals surface area contributed by atoms with Crippen LogP contribution in [-0.2, 0) is 14.4 Å². The number of amides is 1. The highest BCUT2D eigenvalue weighted by molar-refractivity contribution is 7.99. The van der Waals surface area contributed by atoms with E-state index in [1.165, 1.54) is 23.6 Å². The zero-order valence-electron chi connectivity index (χ0n) is 20.3. The standard InChI is InChI=1S/C28H26N2O5S/c1-19(31)35-29-25(17-18-26(32)30(2)3)28(34)22-11-15-24(16-12-22)36-23-13-9-21(10-14-23)27(33)20-7-5-4-6-8-20/h4-16H,17-18H2,1-3H3. The third kappa shape index (κ3) is 7.48. The van der Waals surface area contributed by atoms with Gasteiger partial charge < -0.3 is 9.74 Å². The predicted octanol–water partition coefficient (Wildman–Crippen LogP) is 5.04. The Kier molecular flexibility index (Phi) is 9.30. The summed E-state index contributed by atoms with van der Waals surface area (Å²) in [4.78, 5) is 56.5. The van der Waals surface area contributed by atoms with Gasteiger partial charge in [0.1, 0.15) is 5.71 Å². The topological polar surface area (TPSA) is 93.1 Å². The lowest BCUT2D eigenvalue weighted by Gasteiger charge is -2.10. The van der Waals surface area contributed by atoms with Crippen LogP contribution in [0, 0.1) is 0 Å². The average Bonchev–Trinajstić information content (AvgIpc) is 2.89. The lowest BCUT2D eigenvalue weighted by atomic mass is 10.0. The summed E-state index contributed by atoms with van der Waals surface area (Å²) >= 11 is 1.49. The first-order valence-electron chi connectivity index (χ1n) is 11.2. The van der Waals surface area contributed by atoms with E-state index in [-0.39, 0.29) is 30.2 Å². The summed E-state index contributed by atoms with van der Waals surface area (Å²) < 4.78 is 0. The van der Waals surface area contributed by atoms with Crippen LogP contribution in [0.2, 0.25) is 0 Å². The number of oxime groups is 1. The number of benzene rings is 3. The first-order valence-corrected chi connectivity index (χ1v) is 12.0. The molecule has 0 radical (unpaired) electrons. The molecule has 0 aliphatic rings. The zero-order chi connectivity index (χ0) is 26.1. The van der Waals surface area contributed by atoms with Crippen molar-refractivity contribution < 1.29 is 24.0 Å². The fraction of sp³-hybridized carbons (Fsp3) is 0.179. The molecule has 0 bridgehead atoms. The van der Waals surface area contributed by atoms with E-state index in [1.54, 1.807) is 62.6 Å². The van der Waals surface area contributed by atoms with Crippen molar-refractivity contribution in [3.05, 3.63) is 95.6 Å². The normalized spacial score (nSPS) is 11.0. The maximum absolute atomic E-state index is 12.9. The van der Waals surface area contributed by atoms with Gasteiger partial charge in [0.2, 0.25) is 11.7 Å². The summed E-state index contributed by atoms with van der Waals surface area (Å²) in [6.45, 7) is 1.19. The quantitative estimate of drug-likeness (QED) is 0.167. The van der Waals surface area contributed by atoms with Crippen LogP contribution in [0.25, 0.3) is 0 Å². The molecule has 0 unspecified atom stereocenters. The van der Waals surface area contributed by atoms with Crippen LogP contribution in [0.1, 0.15) is 46.0 Å². The molecule has 3 rings (SSSR count). The van der Waals surface area contributed by atoms with Gasteiger partial charge in [0.05, 0.1) is 0 Å². The number of ketones is 2. The van der Waals surface area contributed by atoms with Crippen molar-refractivity contribution in [1.29, 1.82) is 0 Å². The number of Topliss-reactive ketones (excluding diaryl/α,β-unsaturated/α-hetero) is 1. The van der Waals surface area contributed by atoms with Gasteiger partial charge in [0.15, 0.2) is 5.78 Å². The Morgan fingerprint density at radius 2 is 1.28 bits per heavy atom. The third-order valence-electron chi connectivity index (χ3n) is 5.13. The van der Waals surface area contributed by atoms with E-state index < -0.39 is 11.8 Å². The molecule has 3 aromatic carbocycles. The molecule has 0 fully saturated rings. The molecule has 0 aliphatic heterocycles. The molecule has 0 aromatic heterocycles. The van der Waals surface area contributed by atoms with E-state index in [0.717, 1.165) is 9.79 Å². The van der Waals surface area contributed by atoms with Gasteiger partial charge in [-0.05, 0) is 48.5 Å². The Morgan fingerprint density at radius 3 is 1.81 bits per heavy atom. The number of hydrogen-bond acceptors (Lipinski definition) is 7. The van der Waals surface area contributed by atoms with Crippen LogP contribution in [0.4, 0.5) is 0 Å². The van der Waals surface area contributed by atoms with Crippen molar-refractivity contribution in [2.45, 2.75) is 29.6 Å². The molecule has 8 heteroatoms. The fourth-order valence-corrected chi connectivity index (χ4v) is 3.99. The van der Waals surface area contributed by atoms with E-state index in [0.29, 0.717) is 16.7 Å². The molecule has 0 saturated heterocycles. The van der Waals surface area contributed by atoms with E-state index in [1.807, 2.05) is 30.3 Å². The van der Waals surface area contributed by atoms with Crippen molar-refractivity contribution in [1.82, 2.24) is 4.90 Å². The Morgan fingerprint density at radius 1 is 0.750 bits per heavy atom. The first kappa shape index (κ1) is 26.6. The second kappa shape index (κ2) is 12.6. The number of carbonyl (C=O) groups is 4. The van der Waals surface area contributed by atoms with Gasteiger partial charge in [0, 0.05) is 60.3 Å². The molecule has 0 atom stereocenters. The highest BCUT2D eigenvalue weighted by Crippen LogP contribution is 2.28. The number of hydrogen-bond donors (Lipinski definition) is 0. The van der Waals surface area contributed by atoms with Gasteiger partial charge >= 0.3 is 5.97 Å². The summed E-state index contributed by atoms with van der Waals surface area (Å²) in [5.74, 6) is -1.26.